The molecule has 3 rings (SSSR count). The van der Waals surface area contributed by atoms with Crippen molar-refractivity contribution < 1.29 is 14.6 Å². The van der Waals surface area contributed by atoms with Gasteiger partial charge in [-0.2, -0.15) is 4.98 Å². The zero-order valence-corrected chi connectivity index (χ0v) is 10.8. The summed E-state index contributed by atoms with van der Waals surface area (Å²) in [5.41, 5.74) is 1.03. The lowest BCUT2D eigenvalue weighted by Gasteiger charge is -2.10. The summed E-state index contributed by atoms with van der Waals surface area (Å²) in [4.78, 5) is 19.9. The standard InChI is InChI=1S/C13H15N3O3/c1-7(2)19-11-9(12(17)18)5-16-6-10(8-3-4-8)14-13(16)15-11/h5-8H,3-4H2,1-2H3,(H,17,18). The average Bonchev–Trinajstić information content (AvgIpc) is 3.08. The number of carbonyl (C=O) groups is 1. The van der Waals surface area contributed by atoms with Gasteiger partial charge in [-0.1, -0.05) is 0 Å². The van der Waals surface area contributed by atoms with Crippen molar-refractivity contribution in [3.63, 3.8) is 0 Å². The summed E-state index contributed by atoms with van der Waals surface area (Å²) in [6.45, 7) is 3.66. The Morgan fingerprint density at radius 3 is 2.74 bits per heavy atom. The number of fused-ring (bicyclic) bond motifs is 1. The molecule has 0 bridgehead atoms. The van der Waals surface area contributed by atoms with Gasteiger partial charge < -0.3 is 9.84 Å². The molecule has 19 heavy (non-hydrogen) atoms. The topological polar surface area (TPSA) is 76.7 Å². The van der Waals surface area contributed by atoms with Gasteiger partial charge in [0.15, 0.2) is 0 Å². The third-order valence-electron chi connectivity index (χ3n) is 3.00. The van der Waals surface area contributed by atoms with E-state index in [0.717, 1.165) is 18.5 Å². The summed E-state index contributed by atoms with van der Waals surface area (Å²) < 4.78 is 7.11. The van der Waals surface area contributed by atoms with Gasteiger partial charge >= 0.3 is 5.97 Å². The monoisotopic (exact) mass is 261 g/mol. The number of hydrogen-bond acceptors (Lipinski definition) is 4. The Balaban J connectivity index is 2.10. The van der Waals surface area contributed by atoms with Crippen LogP contribution in [0, 0.1) is 0 Å². The minimum absolute atomic E-state index is 0.0564. The maximum Gasteiger partial charge on any atom is 0.342 e. The largest absolute Gasteiger partial charge is 0.477 e. The van der Waals surface area contributed by atoms with Crippen LogP contribution >= 0.6 is 0 Å². The minimum Gasteiger partial charge on any atom is -0.477 e. The Bertz CT molecular complexity index is 644. The quantitative estimate of drug-likeness (QED) is 0.911. The molecule has 0 aromatic carbocycles. The van der Waals surface area contributed by atoms with E-state index in [4.69, 9.17) is 4.74 Å². The van der Waals surface area contributed by atoms with E-state index in [1.807, 2.05) is 20.0 Å². The van der Waals surface area contributed by atoms with Gasteiger partial charge in [0, 0.05) is 18.3 Å². The van der Waals surface area contributed by atoms with Crippen molar-refractivity contribution in [1.29, 1.82) is 0 Å². The first kappa shape index (κ1) is 12.0. The lowest BCUT2D eigenvalue weighted by atomic mass is 10.3. The summed E-state index contributed by atoms with van der Waals surface area (Å²) in [6, 6.07) is 0. The number of hydrogen-bond donors (Lipinski definition) is 1. The highest BCUT2D eigenvalue weighted by Gasteiger charge is 2.27. The number of imidazole rings is 1. The molecule has 0 aliphatic heterocycles. The van der Waals surface area contributed by atoms with E-state index in [9.17, 15) is 9.90 Å². The van der Waals surface area contributed by atoms with E-state index in [-0.39, 0.29) is 17.5 Å². The number of aromatic carboxylic acids is 1. The maximum atomic E-state index is 11.2. The Morgan fingerprint density at radius 1 is 1.42 bits per heavy atom. The minimum atomic E-state index is -1.05. The number of carboxylic acid groups (broad SMARTS) is 1. The van der Waals surface area contributed by atoms with Crippen molar-refractivity contribution in [2.45, 2.75) is 38.7 Å². The van der Waals surface area contributed by atoms with Gasteiger partial charge in [0.25, 0.3) is 0 Å². The molecule has 0 saturated heterocycles. The predicted octanol–water partition coefficient (Wildman–Crippen LogP) is 2.09. The van der Waals surface area contributed by atoms with Crippen LogP contribution in [0.4, 0.5) is 0 Å². The van der Waals surface area contributed by atoms with Gasteiger partial charge in [-0.25, -0.2) is 9.78 Å². The number of aromatic nitrogens is 3. The summed E-state index contributed by atoms with van der Waals surface area (Å²) in [6.07, 6.45) is 5.52. The third kappa shape index (κ3) is 2.25. The van der Waals surface area contributed by atoms with E-state index in [0.29, 0.717) is 11.7 Å². The van der Waals surface area contributed by atoms with E-state index in [2.05, 4.69) is 9.97 Å². The zero-order valence-electron chi connectivity index (χ0n) is 10.8. The van der Waals surface area contributed by atoms with Gasteiger partial charge in [-0.15, -0.1) is 0 Å². The molecule has 1 N–H and O–H groups in total. The second kappa shape index (κ2) is 4.22. The normalized spacial score (nSPS) is 15.1. The number of nitrogens with zero attached hydrogens (tertiary/aromatic N) is 3. The lowest BCUT2D eigenvalue weighted by Crippen LogP contribution is -2.12. The number of ether oxygens (including phenoxy) is 1. The molecule has 1 aliphatic rings. The van der Waals surface area contributed by atoms with Crippen LogP contribution in [0.5, 0.6) is 5.88 Å². The Morgan fingerprint density at radius 2 is 2.16 bits per heavy atom. The van der Waals surface area contributed by atoms with Crippen LogP contribution in [0.1, 0.15) is 48.7 Å². The summed E-state index contributed by atoms with van der Waals surface area (Å²) >= 11 is 0. The fourth-order valence-corrected chi connectivity index (χ4v) is 1.96. The average molecular weight is 261 g/mol. The van der Waals surface area contributed by atoms with E-state index < -0.39 is 5.97 Å². The van der Waals surface area contributed by atoms with Crippen LogP contribution < -0.4 is 4.74 Å². The van der Waals surface area contributed by atoms with Crippen LogP contribution in [0.25, 0.3) is 5.78 Å². The van der Waals surface area contributed by atoms with Gasteiger partial charge in [-0.05, 0) is 26.7 Å². The molecule has 1 fully saturated rings. The second-order valence-corrected chi connectivity index (χ2v) is 5.08. The van der Waals surface area contributed by atoms with Crippen LogP contribution in [-0.2, 0) is 0 Å². The zero-order chi connectivity index (χ0) is 13.6. The molecule has 1 aliphatic carbocycles. The summed E-state index contributed by atoms with van der Waals surface area (Å²) in [5, 5.41) is 9.21. The SMILES string of the molecule is CC(C)Oc1nc2nc(C3CC3)cn2cc1C(=O)O. The molecule has 2 heterocycles. The highest BCUT2D eigenvalue weighted by Crippen LogP contribution is 2.39. The van der Waals surface area contributed by atoms with Gasteiger partial charge in [0.1, 0.15) is 5.56 Å². The van der Waals surface area contributed by atoms with Crippen molar-refractivity contribution in [1.82, 2.24) is 14.4 Å². The first-order valence-corrected chi connectivity index (χ1v) is 6.34. The van der Waals surface area contributed by atoms with Crippen molar-refractivity contribution >= 4 is 11.7 Å². The van der Waals surface area contributed by atoms with Crippen LogP contribution in [0.2, 0.25) is 0 Å². The molecule has 0 amide bonds. The molecule has 2 aromatic heterocycles. The number of carboxylic acids is 1. The molecule has 100 valence electrons. The predicted molar refractivity (Wildman–Crippen MR) is 67.7 cm³/mol. The third-order valence-corrected chi connectivity index (χ3v) is 3.00. The fourth-order valence-electron chi connectivity index (χ4n) is 1.96. The van der Waals surface area contributed by atoms with Crippen molar-refractivity contribution in [3.8, 4) is 5.88 Å². The van der Waals surface area contributed by atoms with E-state index >= 15 is 0 Å². The molecule has 1 saturated carbocycles. The van der Waals surface area contributed by atoms with Gasteiger partial charge in [0.2, 0.25) is 11.7 Å². The van der Waals surface area contributed by atoms with Crippen LogP contribution in [0.3, 0.4) is 0 Å². The Labute approximate surface area is 110 Å². The van der Waals surface area contributed by atoms with Gasteiger partial charge in [0.05, 0.1) is 11.8 Å². The second-order valence-electron chi connectivity index (χ2n) is 5.08. The number of rotatable bonds is 4. The van der Waals surface area contributed by atoms with Crippen LogP contribution in [0.15, 0.2) is 12.4 Å². The Kier molecular flexibility index (Phi) is 2.66. The Hall–Kier alpha value is -2.11. The van der Waals surface area contributed by atoms with E-state index in [1.54, 1.807) is 4.40 Å². The van der Waals surface area contributed by atoms with Crippen LogP contribution in [-0.4, -0.2) is 31.5 Å². The molecular weight excluding hydrogens is 246 g/mol. The smallest absolute Gasteiger partial charge is 0.342 e. The molecule has 6 heteroatoms. The molecule has 6 nitrogen and oxygen atoms in total. The highest BCUT2D eigenvalue weighted by atomic mass is 16.5. The maximum absolute atomic E-state index is 11.2. The highest BCUT2D eigenvalue weighted by molar-refractivity contribution is 5.90. The van der Waals surface area contributed by atoms with Crippen molar-refractivity contribution in [3.05, 3.63) is 23.7 Å². The van der Waals surface area contributed by atoms with E-state index in [1.165, 1.54) is 6.20 Å². The molecule has 2 aromatic rings. The first-order valence-electron chi connectivity index (χ1n) is 6.34. The molecular formula is C13H15N3O3. The summed E-state index contributed by atoms with van der Waals surface area (Å²) in [5.74, 6) is 0.0710. The molecule has 0 atom stereocenters. The summed E-state index contributed by atoms with van der Waals surface area (Å²) in [7, 11) is 0. The fraction of sp³-hybridized carbons (Fsp3) is 0.462. The lowest BCUT2D eigenvalue weighted by molar-refractivity contribution is 0.0688. The molecule has 0 unspecified atom stereocenters. The first-order chi connectivity index (χ1) is 9.04. The molecule has 0 radical (unpaired) electrons. The molecule has 0 spiro atoms. The van der Waals surface area contributed by atoms with Crippen molar-refractivity contribution in [2.75, 3.05) is 0 Å². The van der Waals surface area contributed by atoms with Gasteiger partial charge in [-0.3, -0.25) is 4.40 Å². The van der Waals surface area contributed by atoms with Crippen molar-refractivity contribution in [2.24, 2.45) is 0 Å².